The van der Waals surface area contributed by atoms with Gasteiger partial charge in [0.2, 0.25) is 0 Å². The van der Waals surface area contributed by atoms with Crippen molar-refractivity contribution in [2.75, 3.05) is 19.7 Å². The SMILES string of the molecule is CCc1cc2c(s1)CCO[C@@]21CCN(CC2CC(NC(=O)c3ccn(CC(C)C)n3)C2)[C@@H](C)C1. The van der Waals surface area contributed by atoms with E-state index in [1.54, 1.807) is 4.88 Å². The van der Waals surface area contributed by atoms with Crippen molar-refractivity contribution in [3.05, 3.63) is 39.3 Å². The molecule has 186 valence electrons. The highest BCUT2D eigenvalue weighted by atomic mass is 32.1. The standard InChI is InChI=1S/C27H40N4O2S/c1-5-22-14-23-25(34-22)7-11-33-27(23)8-10-30(19(4)15-27)17-20-12-21(13-20)28-26(32)24-6-9-31(29-24)16-18(2)3/h6,9,14,18-21H,5,7-8,10-13,15-17H2,1-4H3,(H,28,32)/t19-,20?,21?,27+/m0/s1. The maximum absolute atomic E-state index is 12.6. The molecule has 0 unspecified atom stereocenters. The minimum Gasteiger partial charge on any atom is -0.370 e. The van der Waals surface area contributed by atoms with Crippen LogP contribution in [0.5, 0.6) is 0 Å². The van der Waals surface area contributed by atoms with E-state index in [-0.39, 0.29) is 17.6 Å². The van der Waals surface area contributed by atoms with E-state index in [4.69, 9.17) is 4.74 Å². The van der Waals surface area contributed by atoms with E-state index in [1.165, 1.54) is 10.4 Å². The number of fused-ring (bicyclic) bond motifs is 2. The molecule has 7 heteroatoms. The number of nitrogens with zero attached hydrogens (tertiary/aromatic N) is 3. The van der Waals surface area contributed by atoms with E-state index in [0.29, 0.717) is 23.6 Å². The number of likely N-dealkylation sites (tertiary alicyclic amines) is 1. The minimum atomic E-state index is -0.0669. The summed E-state index contributed by atoms with van der Waals surface area (Å²) in [6, 6.07) is 5.06. The molecule has 2 aromatic heterocycles. The number of aryl methyl sites for hydroxylation is 1. The average Bonchev–Trinajstić information content (AvgIpc) is 3.41. The molecule has 4 heterocycles. The molecule has 0 radical (unpaired) electrons. The van der Waals surface area contributed by atoms with Crippen LogP contribution in [0.2, 0.25) is 0 Å². The molecular formula is C27H40N4O2S. The van der Waals surface area contributed by atoms with Gasteiger partial charge < -0.3 is 15.0 Å². The van der Waals surface area contributed by atoms with Crippen LogP contribution < -0.4 is 5.32 Å². The first-order valence-corrected chi connectivity index (χ1v) is 14.0. The summed E-state index contributed by atoms with van der Waals surface area (Å²) in [5.41, 5.74) is 1.96. The highest BCUT2D eigenvalue weighted by Gasteiger charge is 2.45. The topological polar surface area (TPSA) is 59.4 Å². The van der Waals surface area contributed by atoms with Crippen molar-refractivity contribution < 1.29 is 9.53 Å². The van der Waals surface area contributed by atoms with Gasteiger partial charge in [-0.25, -0.2) is 0 Å². The van der Waals surface area contributed by atoms with Crippen molar-refractivity contribution in [3.8, 4) is 0 Å². The van der Waals surface area contributed by atoms with Crippen LogP contribution in [0.4, 0.5) is 0 Å². The van der Waals surface area contributed by atoms with E-state index in [1.807, 2.05) is 28.3 Å². The largest absolute Gasteiger partial charge is 0.370 e. The first-order valence-electron chi connectivity index (χ1n) is 13.2. The molecule has 34 heavy (non-hydrogen) atoms. The third-order valence-corrected chi connectivity index (χ3v) is 9.29. The molecule has 5 rings (SSSR count). The molecule has 1 saturated heterocycles. The summed E-state index contributed by atoms with van der Waals surface area (Å²) in [4.78, 5) is 18.3. The summed E-state index contributed by atoms with van der Waals surface area (Å²) in [7, 11) is 0. The van der Waals surface area contributed by atoms with Crippen molar-refractivity contribution in [2.24, 2.45) is 11.8 Å². The smallest absolute Gasteiger partial charge is 0.271 e. The zero-order valence-corrected chi connectivity index (χ0v) is 22.0. The van der Waals surface area contributed by atoms with E-state index >= 15 is 0 Å². The van der Waals surface area contributed by atoms with E-state index < -0.39 is 0 Å². The summed E-state index contributed by atoms with van der Waals surface area (Å²) in [6.45, 7) is 12.9. The Kier molecular flexibility index (Phi) is 6.88. The van der Waals surface area contributed by atoms with Gasteiger partial charge >= 0.3 is 0 Å². The number of aromatic nitrogens is 2. The second-order valence-electron chi connectivity index (χ2n) is 11.1. The second kappa shape index (κ2) is 9.75. The quantitative estimate of drug-likeness (QED) is 0.623. The van der Waals surface area contributed by atoms with Crippen LogP contribution in [0.25, 0.3) is 0 Å². The minimum absolute atomic E-state index is 0.0355. The molecule has 1 spiro atoms. The van der Waals surface area contributed by atoms with Gasteiger partial charge in [-0.15, -0.1) is 11.3 Å². The molecule has 2 atom stereocenters. The van der Waals surface area contributed by atoms with Gasteiger partial charge in [0.25, 0.3) is 5.91 Å². The summed E-state index contributed by atoms with van der Waals surface area (Å²) >= 11 is 2.00. The fourth-order valence-electron chi connectivity index (χ4n) is 6.10. The normalized spacial score (nSPS) is 29.3. The van der Waals surface area contributed by atoms with Crippen LogP contribution in [-0.4, -0.2) is 52.4 Å². The number of hydrogen-bond donors (Lipinski definition) is 1. The van der Waals surface area contributed by atoms with Gasteiger partial charge in [-0.1, -0.05) is 20.8 Å². The Labute approximate surface area is 208 Å². The lowest BCUT2D eigenvalue weighted by molar-refractivity contribution is -0.114. The molecule has 1 N–H and O–H groups in total. The van der Waals surface area contributed by atoms with E-state index in [9.17, 15) is 4.79 Å². The number of ether oxygens (including phenoxy) is 1. The number of hydrogen-bond acceptors (Lipinski definition) is 5. The van der Waals surface area contributed by atoms with Crippen LogP contribution in [0.3, 0.4) is 0 Å². The summed E-state index contributed by atoms with van der Waals surface area (Å²) < 4.78 is 8.37. The molecule has 2 aromatic rings. The number of rotatable bonds is 7. The van der Waals surface area contributed by atoms with Crippen molar-refractivity contribution >= 4 is 17.2 Å². The van der Waals surface area contributed by atoms with Gasteiger partial charge in [-0.2, -0.15) is 5.10 Å². The molecule has 0 bridgehead atoms. The Bertz CT molecular complexity index is 1010. The fraction of sp³-hybridized carbons (Fsp3) is 0.704. The maximum Gasteiger partial charge on any atom is 0.271 e. The number of nitrogens with one attached hydrogen (secondary N) is 1. The molecule has 2 fully saturated rings. The van der Waals surface area contributed by atoms with E-state index in [2.05, 4.69) is 49.1 Å². The van der Waals surface area contributed by atoms with Crippen molar-refractivity contribution in [3.63, 3.8) is 0 Å². The number of thiophene rings is 1. The Morgan fingerprint density at radius 3 is 2.94 bits per heavy atom. The Morgan fingerprint density at radius 2 is 2.21 bits per heavy atom. The lowest BCUT2D eigenvalue weighted by Crippen LogP contribution is -2.54. The highest BCUT2D eigenvalue weighted by Crippen LogP contribution is 2.46. The monoisotopic (exact) mass is 484 g/mol. The van der Waals surface area contributed by atoms with Crippen molar-refractivity contribution in [2.45, 2.75) is 90.4 Å². The van der Waals surface area contributed by atoms with Gasteiger partial charge in [0, 0.05) is 54.1 Å². The Balaban J connectivity index is 1.10. The maximum atomic E-state index is 12.6. The third kappa shape index (κ3) is 4.84. The summed E-state index contributed by atoms with van der Waals surface area (Å²) in [5.74, 6) is 1.14. The van der Waals surface area contributed by atoms with Crippen LogP contribution in [0.1, 0.15) is 79.2 Å². The Morgan fingerprint density at radius 1 is 1.38 bits per heavy atom. The van der Waals surface area contributed by atoms with Crippen molar-refractivity contribution in [1.82, 2.24) is 20.0 Å². The highest BCUT2D eigenvalue weighted by molar-refractivity contribution is 7.12. The molecule has 2 aliphatic heterocycles. The molecule has 6 nitrogen and oxygen atoms in total. The number of carbonyl (C=O) groups is 1. The molecule has 3 aliphatic rings. The second-order valence-corrected chi connectivity index (χ2v) is 12.3. The average molecular weight is 485 g/mol. The summed E-state index contributed by atoms with van der Waals surface area (Å²) in [5, 5.41) is 7.63. The molecule has 1 amide bonds. The van der Waals surface area contributed by atoms with Crippen LogP contribution in [0, 0.1) is 11.8 Å². The van der Waals surface area contributed by atoms with Crippen molar-refractivity contribution in [1.29, 1.82) is 0 Å². The molecular weight excluding hydrogens is 444 g/mol. The van der Waals surface area contributed by atoms with Gasteiger partial charge in [-0.05, 0) is 68.6 Å². The fourth-order valence-corrected chi connectivity index (χ4v) is 7.28. The number of piperidine rings is 1. The Hall–Kier alpha value is -1.70. The van der Waals surface area contributed by atoms with Gasteiger partial charge in [0.15, 0.2) is 0 Å². The molecule has 1 saturated carbocycles. The molecule has 1 aliphatic carbocycles. The van der Waals surface area contributed by atoms with Gasteiger partial charge in [0.1, 0.15) is 5.69 Å². The predicted octanol–water partition coefficient (Wildman–Crippen LogP) is 4.62. The zero-order chi connectivity index (χ0) is 23.9. The first-order chi connectivity index (χ1) is 16.3. The molecule has 0 aromatic carbocycles. The van der Waals surface area contributed by atoms with Crippen LogP contribution >= 0.6 is 11.3 Å². The number of amides is 1. The number of carbonyl (C=O) groups excluding carboxylic acids is 1. The van der Waals surface area contributed by atoms with Crippen LogP contribution in [0.15, 0.2) is 18.3 Å². The van der Waals surface area contributed by atoms with Gasteiger partial charge in [-0.3, -0.25) is 9.48 Å². The van der Waals surface area contributed by atoms with Gasteiger partial charge in [0.05, 0.1) is 12.2 Å². The third-order valence-electron chi connectivity index (χ3n) is 7.95. The lowest BCUT2D eigenvalue weighted by Gasteiger charge is -2.49. The lowest BCUT2D eigenvalue weighted by atomic mass is 9.76. The summed E-state index contributed by atoms with van der Waals surface area (Å²) in [6.07, 6.45) is 8.42. The van der Waals surface area contributed by atoms with E-state index in [0.717, 1.165) is 64.8 Å². The predicted molar refractivity (Wildman–Crippen MR) is 136 cm³/mol. The van der Waals surface area contributed by atoms with Crippen LogP contribution in [-0.2, 0) is 29.7 Å². The zero-order valence-electron chi connectivity index (χ0n) is 21.2. The first kappa shape index (κ1) is 24.0.